The van der Waals surface area contributed by atoms with Crippen LogP contribution < -0.4 is 0 Å². The molecule has 0 heterocycles. The summed E-state index contributed by atoms with van der Waals surface area (Å²) < 4.78 is 33.9. The van der Waals surface area contributed by atoms with Crippen LogP contribution in [-0.4, -0.2) is 23.2 Å². The zero-order valence-corrected chi connectivity index (χ0v) is 18.1. The second-order valence-electron chi connectivity index (χ2n) is 6.11. The van der Waals surface area contributed by atoms with Crippen molar-refractivity contribution < 1.29 is 23.2 Å². The van der Waals surface area contributed by atoms with Crippen LogP contribution in [0.1, 0.15) is 16.7 Å². The van der Waals surface area contributed by atoms with E-state index in [1.54, 1.807) is 0 Å². The molecule has 3 aromatic rings. The summed E-state index contributed by atoms with van der Waals surface area (Å²) in [6.07, 6.45) is 0. The molecular weight excluding hydrogens is 482 g/mol. The van der Waals surface area contributed by atoms with Gasteiger partial charge >= 0.3 is 0 Å². The third-order valence-electron chi connectivity index (χ3n) is 4.34. The number of aromatic hydroxyl groups is 2. The molecule has 5 nitrogen and oxygen atoms in total. The Hall–Kier alpha value is -1.67. The molecule has 1 unspecified atom stereocenters. The molecule has 0 aliphatic carbocycles. The van der Waals surface area contributed by atoms with Gasteiger partial charge in [0.1, 0.15) is 11.5 Å². The van der Waals surface area contributed by atoms with Crippen molar-refractivity contribution in [2.24, 2.45) is 0 Å². The summed E-state index contributed by atoms with van der Waals surface area (Å²) >= 11 is 24.3. The van der Waals surface area contributed by atoms with Crippen LogP contribution in [0.2, 0.25) is 20.1 Å². The maximum absolute atomic E-state index is 13.0. The quantitative estimate of drug-likeness (QED) is 0.311. The molecule has 0 saturated carbocycles. The molecule has 0 aromatic heterocycles. The van der Waals surface area contributed by atoms with E-state index in [-0.39, 0.29) is 31.2 Å². The van der Waals surface area contributed by atoms with E-state index in [0.29, 0.717) is 0 Å². The lowest BCUT2D eigenvalue weighted by Crippen LogP contribution is -2.38. The molecule has 3 rings (SSSR count). The van der Waals surface area contributed by atoms with Crippen LogP contribution in [0, 0.1) is 0 Å². The molecule has 0 aliphatic heterocycles. The van der Waals surface area contributed by atoms with E-state index < -0.39 is 31.9 Å². The van der Waals surface area contributed by atoms with Crippen molar-refractivity contribution in [3.8, 4) is 11.5 Å². The van der Waals surface area contributed by atoms with E-state index in [2.05, 4.69) is 0 Å². The largest absolute Gasteiger partial charge is 0.507 e. The minimum atomic E-state index is -5.16. The zero-order valence-electron chi connectivity index (χ0n) is 14.3. The summed E-state index contributed by atoms with van der Waals surface area (Å²) in [4.78, 5) is 0. The van der Waals surface area contributed by atoms with Crippen molar-refractivity contribution in [1.82, 2.24) is 0 Å². The third kappa shape index (κ3) is 3.77. The van der Waals surface area contributed by atoms with Crippen LogP contribution in [0.15, 0.2) is 54.6 Å². The number of hydrogen-bond donors (Lipinski definition) is 3. The van der Waals surface area contributed by atoms with E-state index >= 15 is 0 Å². The minimum Gasteiger partial charge on any atom is -0.507 e. The molecule has 0 radical (unpaired) electrons. The molecule has 0 saturated heterocycles. The Kier molecular flexibility index (Phi) is 5.98. The highest BCUT2D eigenvalue weighted by Crippen LogP contribution is 2.53. The summed E-state index contributed by atoms with van der Waals surface area (Å²) in [5.74, 6) is -1.38. The second-order valence-corrected chi connectivity index (χ2v) is 9.39. The van der Waals surface area contributed by atoms with Gasteiger partial charge < -0.3 is 10.2 Å². The zero-order chi connectivity index (χ0) is 21.6. The lowest BCUT2D eigenvalue weighted by atomic mass is 9.83. The van der Waals surface area contributed by atoms with E-state index in [1.807, 2.05) is 0 Å². The van der Waals surface area contributed by atoms with Gasteiger partial charge in [-0.25, -0.2) is 0 Å². The fraction of sp³-hybridized carbons (Fsp3) is 0.0526. The van der Waals surface area contributed by atoms with Gasteiger partial charge in [-0.05, 0) is 48.0 Å². The number of halogens is 4. The molecule has 0 amide bonds. The Balaban J connectivity index is 2.65. The van der Waals surface area contributed by atoms with Crippen LogP contribution in [0.5, 0.6) is 11.5 Å². The standard InChI is InChI=1S/C19H12Cl4O5S/c20-11-3-1-2-10(6-11)19(29(26,27)28,14-7-12(21)4-5-15(14)23)18-16(24)8-13(22)9-17(18)25/h1-9,24-25H,(H,26,27,28). The van der Waals surface area contributed by atoms with Crippen LogP contribution in [0.25, 0.3) is 0 Å². The average molecular weight is 494 g/mol. The van der Waals surface area contributed by atoms with Crippen molar-refractivity contribution in [2.45, 2.75) is 4.75 Å². The minimum absolute atomic E-state index is 0.0590. The Labute approximate surface area is 186 Å². The van der Waals surface area contributed by atoms with Crippen molar-refractivity contribution in [2.75, 3.05) is 0 Å². The van der Waals surface area contributed by atoms with Gasteiger partial charge in [0.15, 0.2) is 4.75 Å². The predicted molar refractivity (Wildman–Crippen MR) is 114 cm³/mol. The Morgan fingerprint density at radius 2 is 1.34 bits per heavy atom. The first-order chi connectivity index (χ1) is 13.5. The summed E-state index contributed by atoms with van der Waals surface area (Å²) in [7, 11) is -5.16. The first kappa shape index (κ1) is 22.0. The number of benzene rings is 3. The van der Waals surface area contributed by atoms with E-state index in [4.69, 9.17) is 46.4 Å². The number of phenols is 2. The maximum atomic E-state index is 13.0. The highest BCUT2D eigenvalue weighted by atomic mass is 35.5. The van der Waals surface area contributed by atoms with E-state index in [9.17, 15) is 23.2 Å². The normalized spacial score (nSPS) is 13.8. The monoisotopic (exact) mass is 492 g/mol. The molecule has 0 aliphatic rings. The van der Waals surface area contributed by atoms with Gasteiger partial charge in [0.25, 0.3) is 10.1 Å². The van der Waals surface area contributed by atoms with Crippen LogP contribution >= 0.6 is 46.4 Å². The average Bonchev–Trinajstić information content (AvgIpc) is 2.59. The van der Waals surface area contributed by atoms with Gasteiger partial charge in [0.2, 0.25) is 0 Å². The summed E-state index contributed by atoms with van der Waals surface area (Å²) in [6.45, 7) is 0. The molecule has 29 heavy (non-hydrogen) atoms. The summed E-state index contributed by atoms with van der Waals surface area (Å²) in [6, 6.07) is 11.6. The fourth-order valence-corrected chi connectivity index (χ4v) is 5.49. The molecule has 0 bridgehead atoms. The first-order valence-corrected chi connectivity index (χ1v) is 10.8. The van der Waals surface area contributed by atoms with Gasteiger partial charge in [-0.3, -0.25) is 4.55 Å². The van der Waals surface area contributed by atoms with Crippen molar-refractivity contribution in [1.29, 1.82) is 0 Å². The summed E-state index contributed by atoms with van der Waals surface area (Å²) in [5, 5.41) is 21.3. The summed E-state index contributed by atoms with van der Waals surface area (Å²) in [5.41, 5.74) is -0.857. The van der Waals surface area contributed by atoms with Gasteiger partial charge in [0.05, 0.1) is 5.56 Å². The fourth-order valence-electron chi connectivity index (χ4n) is 3.27. The highest BCUT2D eigenvalue weighted by molar-refractivity contribution is 7.87. The van der Waals surface area contributed by atoms with Crippen LogP contribution in [0.3, 0.4) is 0 Å². The van der Waals surface area contributed by atoms with Crippen molar-refractivity contribution in [3.05, 3.63) is 91.4 Å². The molecule has 3 N–H and O–H groups in total. The topological polar surface area (TPSA) is 94.8 Å². The van der Waals surface area contributed by atoms with Gasteiger partial charge in [-0.2, -0.15) is 8.42 Å². The maximum Gasteiger partial charge on any atom is 0.283 e. The predicted octanol–water partition coefficient (Wildman–Crippen LogP) is 5.89. The van der Waals surface area contributed by atoms with E-state index in [1.165, 1.54) is 42.5 Å². The number of hydrogen-bond acceptors (Lipinski definition) is 4. The SMILES string of the molecule is O=S(=O)(O)C(c1cccc(Cl)c1)(c1cc(Cl)ccc1Cl)c1c(O)cc(Cl)cc1O. The lowest BCUT2D eigenvalue weighted by molar-refractivity contribution is 0.416. The number of rotatable bonds is 4. The molecule has 3 aromatic carbocycles. The van der Waals surface area contributed by atoms with Crippen LogP contribution in [0.4, 0.5) is 0 Å². The second kappa shape index (κ2) is 7.87. The van der Waals surface area contributed by atoms with Crippen LogP contribution in [-0.2, 0) is 14.9 Å². The molecule has 10 heteroatoms. The molecule has 0 spiro atoms. The molecule has 1 atom stereocenters. The smallest absolute Gasteiger partial charge is 0.283 e. The van der Waals surface area contributed by atoms with Gasteiger partial charge in [-0.1, -0.05) is 58.5 Å². The highest BCUT2D eigenvalue weighted by Gasteiger charge is 2.53. The van der Waals surface area contributed by atoms with Crippen molar-refractivity contribution in [3.63, 3.8) is 0 Å². The molecular formula is C19H12Cl4O5S. The van der Waals surface area contributed by atoms with E-state index in [0.717, 1.165) is 12.1 Å². The first-order valence-electron chi connectivity index (χ1n) is 7.89. The molecule has 0 fully saturated rings. The van der Waals surface area contributed by atoms with Crippen molar-refractivity contribution >= 4 is 56.5 Å². The Morgan fingerprint density at radius 1 is 0.759 bits per heavy atom. The van der Waals surface area contributed by atoms with Gasteiger partial charge in [0, 0.05) is 25.7 Å². The third-order valence-corrected chi connectivity index (χ3v) is 6.79. The Morgan fingerprint density at radius 3 is 1.90 bits per heavy atom. The molecule has 152 valence electrons. The van der Waals surface area contributed by atoms with Gasteiger partial charge in [-0.15, -0.1) is 0 Å². The Bertz CT molecular complexity index is 1190. The number of phenolic OH excluding ortho intramolecular Hbond substituents is 2. The lowest BCUT2D eigenvalue weighted by Gasteiger charge is -2.34.